The molecule has 0 aromatic heterocycles. The van der Waals surface area contributed by atoms with Gasteiger partial charge in [0, 0.05) is 17.5 Å². The van der Waals surface area contributed by atoms with Gasteiger partial charge in [0.05, 0.1) is 35.8 Å². The Hall–Kier alpha value is -3.04. The van der Waals surface area contributed by atoms with Gasteiger partial charge in [-0.15, -0.1) is 11.8 Å². The molecule has 3 amide bonds. The number of fused-ring (bicyclic) bond motifs is 1. The van der Waals surface area contributed by atoms with Crippen molar-refractivity contribution >= 4 is 35.2 Å². The molecular formula is C31H39N3O5S. The van der Waals surface area contributed by atoms with E-state index in [0.717, 1.165) is 30.6 Å². The minimum atomic E-state index is -0.735. The minimum Gasteiger partial charge on any atom is -0.494 e. The fraction of sp³-hybridized carbons (Fsp3) is 0.516. The van der Waals surface area contributed by atoms with E-state index < -0.39 is 28.7 Å². The summed E-state index contributed by atoms with van der Waals surface area (Å²) in [7, 11) is 0. The Labute approximate surface area is 240 Å². The molecule has 9 heteroatoms. The molecule has 6 atom stereocenters. The molecular weight excluding hydrogens is 526 g/mol. The Kier molecular flexibility index (Phi) is 8.71. The third-order valence-electron chi connectivity index (χ3n) is 8.47. The smallest absolute Gasteiger partial charge is 0.244 e. The highest BCUT2D eigenvalue weighted by atomic mass is 32.2. The standard InChI is InChI=1S/C31H39N3O5S/c1-3-5-17-32-29(37)27-31-16-15-24(40-31)25(28(36)33-21-11-13-23(14-12-21)39-4-2)26(31)30(38)34(27)22(19-35)18-20-9-7-6-8-10-20/h6-14,22,24-27,35H,3-5,15-19H2,1-2H3,(H,32,37)(H,33,36)/t22-,24-,25+,26+,27?,31?/m1/s1. The molecule has 0 radical (unpaired) electrons. The summed E-state index contributed by atoms with van der Waals surface area (Å²) in [6.07, 6.45) is 3.68. The third-order valence-corrected chi connectivity index (χ3v) is 10.4. The van der Waals surface area contributed by atoms with Crippen molar-refractivity contribution in [1.82, 2.24) is 10.2 Å². The molecule has 2 unspecified atom stereocenters. The Morgan fingerprint density at radius 3 is 2.55 bits per heavy atom. The van der Waals surface area contributed by atoms with Crippen LogP contribution >= 0.6 is 11.8 Å². The number of aliphatic hydroxyl groups excluding tert-OH is 1. The highest BCUT2D eigenvalue weighted by molar-refractivity contribution is 8.02. The molecule has 1 spiro atoms. The lowest BCUT2D eigenvalue weighted by Gasteiger charge is -2.37. The predicted octanol–water partition coefficient (Wildman–Crippen LogP) is 3.63. The van der Waals surface area contributed by atoms with E-state index in [-0.39, 0.29) is 29.6 Å². The Balaban J connectivity index is 1.44. The zero-order valence-electron chi connectivity index (χ0n) is 23.2. The van der Waals surface area contributed by atoms with Crippen molar-refractivity contribution in [1.29, 1.82) is 0 Å². The Bertz CT molecular complexity index is 1210. The number of hydrogen-bond donors (Lipinski definition) is 3. The van der Waals surface area contributed by atoms with Crippen LogP contribution in [-0.4, -0.2) is 69.6 Å². The van der Waals surface area contributed by atoms with Crippen LogP contribution in [0, 0.1) is 11.8 Å². The summed E-state index contributed by atoms with van der Waals surface area (Å²) >= 11 is 1.64. The summed E-state index contributed by atoms with van der Waals surface area (Å²) in [5.74, 6) is -1.03. The number of nitrogens with zero attached hydrogens (tertiary/aromatic N) is 1. The molecule has 8 nitrogen and oxygen atoms in total. The van der Waals surface area contributed by atoms with E-state index >= 15 is 0 Å². The number of thioether (sulfide) groups is 1. The second-order valence-electron chi connectivity index (χ2n) is 10.9. The van der Waals surface area contributed by atoms with E-state index in [2.05, 4.69) is 17.6 Å². The van der Waals surface area contributed by atoms with Crippen LogP contribution in [0.2, 0.25) is 0 Å². The molecule has 40 heavy (non-hydrogen) atoms. The summed E-state index contributed by atoms with van der Waals surface area (Å²) in [4.78, 5) is 43.5. The van der Waals surface area contributed by atoms with Crippen molar-refractivity contribution in [2.24, 2.45) is 11.8 Å². The molecule has 3 fully saturated rings. The zero-order valence-corrected chi connectivity index (χ0v) is 24.0. The van der Waals surface area contributed by atoms with Crippen LogP contribution in [0.25, 0.3) is 0 Å². The number of carbonyl (C=O) groups is 3. The Morgan fingerprint density at radius 1 is 1.12 bits per heavy atom. The van der Waals surface area contributed by atoms with E-state index in [4.69, 9.17) is 4.74 Å². The Morgan fingerprint density at radius 2 is 1.88 bits per heavy atom. The monoisotopic (exact) mass is 565 g/mol. The molecule has 3 saturated heterocycles. The number of hydrogen-bond acceptors (Lipinski definition) is 6. The molecule has 3 N–H and O–H groups in total. The molecule has 3 aliphatic rings. The lowest BCUT2D eigenvalue weighted by Crippen LogP contribution is -2.57. The van der Waals surface area contributed by atoms with Crippen LogP contribution in [0.15, 0.2) is 54.6 Å². The lowest BCUT2D eigenvalue weighted by molar-refractivity contribution is -0.142. The fourth-order valence-corrected chi connectivity index (χ4v) is 8.94. The molecule has 3 aliphatic heterocycles. The molecule has 2 bridgehead atoms. The van der Waals surface area contributed by atoms with Gasteiger partial charge in [-0.1, -0.05) is 43.7 Å². The largest absolute Gasteiger partial charge is 0.494 e. The molecule has 3 heterocycles. The molecule has 2 aromatic rings. The van der Waals surface area contributed by atoms with Gasteiger partial charge in [-0.3, -0.25) is 14.4 Å². The van der Waals surface area contributed by atoms with Crippen molar-refractivity contribution < 1.29 is 24.2 Å². The van der Waals surface area contributed by atoms with Crippen LogP contribution in [0.3, 0.4) is 0 Å². The highest BCUT2D eigenvalue weighted by Gasteiger charge is 2.74. The van der Waals surface area contributed by atoms with Gasteiger partial charge in [0.2, 0.25) is 17.7 Å². The number of benzene rings is 2. The minimum absolute atomic E-state index is 0.0357. The maximum atomic E-state index is 14.3. The van der Waals surface area contributed by atoms with Gasteiger partial charge in [-0.25, -0.2) is 0 Å². The maximum Gasteiger partial charge on any atom is 0.244 e. The lowest BCUT2D eigenvalue weighted by atomic mass is 9.70. The first-order chi connectivity index (χ1) is 19.4. The summed E-state index contributed by atoms with van der Waals surface area (Å²) < 4.78 is 4.82. The van der Waals surface area contributed by atoms with Crippen LogP contribution in [-0.2, 0) is 20.8 Å². The van der Waals surface area contributed by atoms with Crippen molar-refractivity contribution in [3.63, 3.8) is 0 Å². The number of nitrogens with one attached hydrogen (secondary N) is 2. The highest BCUT2D eigenvalue weighted by Crippen LogP contribution is 2.66. The second-order valence-corrected chi connectivity index (χ2v) is 12.5. The van der Waals surface area contributed by atoms with E-state index in [1.54, 1.807) is 28.8 Å². The number of aliphatic hydroxyl groups is 1. The van der Waals surface area contributed by atoms with Crippen LogP contribution in [0.1, 0.15) is 45.1 Å². The summed E-state index contributed by atoms with van der Waals surface area (Å²) in [6.45, 7) is 4.81. The van der Waals surface area contributed by atoms with Crippen LogP contribution < -0.4 is 15.4 Å². The van der Waals surface area contributed by atoms with Crippen molar-refractivity contribution in [2.45, 2.75) is 68.0 Å². The fourth-order valence-electron chi connectivity index (χ4n) is 6.73. The first-order valence-corrected chi connectivity index (χ1v) is 15.3. The van der Waals surface area contributed by atoms with Crippen molar-refractivity contribution in [3.05, 3.63) is 60.2 Å². The number of unbranched alkanes of at least 4 members (excludes halogenated alkanes) is 1. The number of rotatable bonds is 12. The van der Waals surface area contributed by atoms with Gasteiger partial charge in [0.1, 0.15) is 11.8 Å². The van der Waals surface area contributed by atoms with Gasteiger partial charge in [0.15, 0.2) is 0 Å². The maximum absolute atomic E-state index is 14.3. The average Bonchev–Trinajstić information content (AvgIpc) is 3.61. The van der Waals surface area contributed by atoms with Crippen LogP contribution in [0.5, 0.6) is 5.75 Å². The van der Waals surface area contributed by atoms with Gasteiger partial charge in [-0.2, -0.15) is 0 Å². The van der Waals surface area contributed by atoms with Gasteiger partial charge in [-0.05, 0) is 62.4 Å². The number of carbonyl (C=O) groups excluding carboxylic acids is 3. The third kappa shape index (κ3) is 5.21. The first kappa shape index (κ1) is 28.5. The van der Waals surface area contributed by atoms with Gasteiger partial charge < -0.3 is 25.4 Å². The number of anilines is 1. The van der Waals surface area contributed by atoms with Crippen LogP contribution in [0.4, 0.5) is 5.69 Å². The van der Waals surface area contributed by atoms with E-state index in [0.29, 0.717) is 31.7 Å². The van der Waals surface area contributed by atoms with E-state index in [1.165, 1.54) is 0 Å². The van der Waals surface area contributed by atoms with E-state index in [1.807, 2.05) is 49.4 Å². The average molecular weight is 566 g/mol. The predicted molar refractivity (Wildman–Crippen MR) is 156 cm³/mol. The summed E-state index contributed by atoms with van der Waals surface area (Å²) in [6, 6.07) is 15.6. The van der Waals surface area contributed by atoms with Crippen molar-refractivity contribution in [2.75, 3.05) is 25.1 Å². The quantitative estimate of drug-likeness (QED) is 0.339. The topological polar surface area (TPSA) is 108 Å². The molecule has 0 saturated carbocycles. The second kappa shape index (κ2) is 12.2. The van der Waals surface area contributed by atoms with E-state index in [9.17, 15) is 19.5 Å². The van der Waals surface area contributed by atoms with Gasteiger partial charge >= 0.3 is 0 Å². The summed E-state index contributed by atoms with van der Waals surface area (Å²) in [5.41, 5.74) is 1.62. The number of amides is 3. The number of ether oxygens (including phenoxy) is 1. The first-order valence-electron chi connectivity index (χ1n) is 14.4. The molecule has 2 aromatic carbocycles. The molecule has 214 valence electrons. The summed E-state index contributed by atoms with van der Waals surface area (Å²) in [5, 5.41) is 16.6. The molecule has 5 rings (SSSR count). The SMILES string of the molecule is CCCCNC(=O)C1N([C@@H](CO)Cc2ccccc2)C(=O)[C@@H]2[C@@H](C(=O)Nc3ccc(OCC)cc3)[C@H]3CCC12S3. The number of likely N-dealkylation sites (tertiary alicyclic amines) is 1. The molecule has 0 aliphatic carbocycles. The normalized spacial score (nSPS) is 27.4. The zero-order chi connectivity index (χ0) is 28.3. The van der Waals surface area contributed by atoms with Crippen molar-refractivity contribution in [3.8, 4) is 5.75 Å². The van der Waals surface area contributed by atoms with Gasteiger partial charge in [0.25, 0.3) is 0 Å².